The summed E-state index contributed by atoms with van der Waals surface area (Å²) in [6.07, 6.45) is 35.0. The lowest BCUT2D eigenvalue weighted by atomic mass is 9.99. The molecule has 32 heavy (non-hydrogen) atoms. The molecule has 0 saturated carbocycles. The number of hydrogen-bond donors (Lipinski definition) is 0. The van der Waals surface area contributed by atoms with Crippen LogP contribution in [0, 0.1) is 5.92 Å². The molecule has 1 atom stereocenters. The Balaban J connectivity index is 3.16. The van der Waals surface area contributed by atoms with Crippen LogP contribution in [0.3, 0.4) is 0 Å². The Bertz CT molecular complexity index is 349. The van der Waals surface area contributed by atoms with Crippen molar-refractivity contribution in [1.29, 1.82) is 0 Å². The van der Waals surface area contributed by atoms with Crippen LogP contribution in [0.5, 0.6) is 0 Å². The molecule has 0 aromatic rings. The van der Waals surface area contributed by atoms with E-state index in [4.69, 9.17) is 11.1 Å². The minimum Gasteiger partial charge on any atom is -0.168 e. The molecule has 0 radical (unpaired) electrons. The van der Waals surface area contributed by atoms with Gasteiger partial charge >= 0.3 is 0 Å². The molecule has 0 aromatic carbocycles. The predicted octanol–water partition coefficient (Wildman–Crippen LogP) is 12.4. The molecular weight excluding hydrogens is 424 g/mol. The maximum Gasteiger partial charge on any atom is 0.150 e. The van der Waals surface area contributed by atoms with Gasteiger partial charge in [0.15, 0.2) is 7.38 Å². The van der Waals surface area contributed by atoms with E-state index in [1.165, 1.54) is 160 Å². The second kappa shape index (κ2) is 24.6. The van der Waals surface area contributed by atoms with Gasteiger partial charge in [0.05, 0.1) is 0 Å². The van der Waals surface area contributed by atoms with Gasteiger partial charge in [0.2, 0.25) is 0 Å². The molecular formula is C30H63ClSi. The quantitative estimate of drug-likeness (QED) is 0.0647. The third kappa shape index (κ3) is 26.8. The second-order valence-electron chi connectivity index (χ2n) is 11.4. The van der Waals surface area contributed by atoms with Crippen molar-refractivity contribution in [3.8, 4) is 0 Å². The Morgan fingerprint density at radius 1 is 0.469 bits per heavy atom. The molecule has 0 saturated heterocycles. The normalized spacial score (nSPS) is 13.0. The fourth-order valence-electron chi connectivity index (χ4n) is 5.18. The predicted molar refractivity (Wildman–Crippen MR) is 154 cm³/mol. The van der Waals surface area contributed by atoms with E-state index in [-0.39, 0.29) is 0 Å². The summed E-state index contributed by atoms with van der Waals surface area (Å²) in [5.74, 6) is 0.888. The number of unbranched alkanes of at least 4 members (excludes halogenated alkanes) is 21. The summed E-state index contributed by atoms with van der Waals surface area (Å²) in [7, 11) is -1.39. The Morgan fingerprint density at radius 2 is 0.750 bits per heavy atom. The first kappa shape index (κ1) is 32.5. The van der Waals surface area contributed by atoms with Gasteiger partial charge < -0.3 is 0 Å². The van der Waals surface area contributed by atoms with Crippen LogP contribution in [-0.4, -0.2) is 7.38 Å². The van der Waals surface area contributed by atoms with Crippen molar-refractivity contribution < 1.29 is 0 Å². The average molecular weight is 487 g/mol. The second-order valence-corrected chi connectivity index (χ2v) is 18.3. The first-order chi connectivity index (χ1) is 15.5. The highest BCUT2D eigenvalue weighted by Gasteiger charge is 2.21. The van der Waals surface area contributed by atoms with Gasteiger partial charge in [0.25, 0.3) is 0 Å². The molecule has 0 nitrogen and oxygen atoms in total. The zero-order valence-corrected chi connectivity index (χ0v) is 24.9. The van der Waals surface area contributed by atoms with Crippen molar-refractivity contribution in [3.05, 3.63) is 0 Å². The first-order valence-electron chi connectivity index (χ1n) is 15.2. The van der Waals surface area contributed by atoms with Gasteiger partial charge in [0.1, 0.15) is 0 Å². The molecule has 0 N–H and O–H groups in total. The lowest BCUT2D eigenvalue weighted by molar-refractivity contribution is 0.465. The number of rotatable bonds is 26. The van der Waals surface area contributed by atoms with E-state index < -0.39 is 7.38 Å². The largest absolute Gasteiger partial charge is 0.168 e. The molecule has 0 aromatic heterocycles. The van der Waals surface area contributed by atoms with Crippen LogP contribution in [0.25, 0.3) is 0 Å². The molecule has 194 valence electrons. The van der Waals surface area contributed by atoms with Gasteiger partial charge in [0, 0.05) is 0 Å². The molecule has 0 spiro atoms. The van der Waals surface area contributed by atoms with Gasteiger partial charge in [-0.2, -0.15) is 11.1 Å². The Morgan fingerprint density at radius 3 is 1.00 bits per heavy atom. The zero-order chi connectivity index (χ0) is 23.8. The molecule has 1 unspecified atom stereocenters. The summed E-state index contributed by atoms with van der Waals surface area (Å²) < 4.78 is 0. The number of halogens is 1. The van der Waals surface area contributed by atoms with Crippen molar-refractivity contribution in [2.45, 2.75) is 187 Å². The molecule has 0 aliphatic rings. The van der Waals surface area contributed by atoms with Gasteiger partial charge in [-0.3, -0.25) is 0 Å². The maximum absolute atomic E-state index is 6.55. The lowest BCUT2D eigenvalue weighted by Gasteiger charge is -2.21. The highest BCUT2D eigenvalue weighted by molar-refractivity contribution is 7.19. The third-order valence-corrected chi connectivity index (χ3v) is 9.33. The van der Waals surface area contributed by atoms with E-state index in [0.29, 0.717) is 0 Å². The van der Waals surface area contributed by atoms with E-state index >= 15 is 0 Å². The van der Waals surface area contributed by atoms with Crippen molar-refractivity contribution >= 4 is 18.5 Å². The molecule has 0 rings (SSSR count). The van der Waals surface area contributed by atoms with Crippen LogP contribution < -0.4 is 0 Å². The Hall–Kier alpha value is 0.507. The van der Waals surface area contributed by atoms with Gasteiger partial charge in [-0.25, -0.2) is 0 Å². The van der Waals surface area contributed by atoms with Crippen molar-refractivity contribution in [1.82, 2.24) is 0 Å². The fourth-order valence-corrected chi connectivity index (χ4v) is 7.70. The molecule has 0 aliphatic carbocycles. The van der Waals surface area contributed by atoms with Crippen molar-refractivity contribution in [3.63, 3.8) is 0 Å². The van der Waals surface area contributed by atoms with Crippen LogP contribution >= 0.6 is 11.1 Å². The van der Waals surface area contributed by atoms with E-state index in [1.807, 2.05) is 0 Å². The summed E-state index contributed by atoms with van der Waals surface area (Å²) in [6, 6.07) is 1.31. The topological polar surface area (TPSA) is 0 Å². The highest BCUT2D eigenvalue weighted by atomic mass is 35.6. The monoisotopic (exact) mass is 486 g/mol. The van der Waals surface area contributed by atoms with Crippen molar-refractivity contribution in [2.75, 3.05) is 0 Å². The lowest BCUT2D eigenvalue weighted by Crippen LogP contribution is -2.20. The summed E-state index contributed by atoms with van der Waals surface area (Å²) in [5, 5.41) is 0. The Kier molecular flexibility index (Phi) is 25.0. The molecule has 0 amide bonds. The van der Waals surface area contributed by atoms with E-state index in [0.717, 1.165) is 5.92 Å². The molecule has 0 aliphatic heterocycles. The molecule has 0 fully saturated rings. The van der Waals surface area contributed by atoms with Crippen molar-refractivity contribution in [2.24, 2.45) is 5.92 Å². The van der Waals surface area contributed by atoms with Crippen LogP contribution in [0.1, 0.15) is 168 Å². The molecule has 0 heterocycles. The Labute approximate surface area is 211 Å². The number of hydrogen-bond acceptors (Lipinski definition) is 0. The molecule has 2 heteroatoms. The van der Waals surface area contributed by atoms with Crippen LogP contribution in [0.2, 0.25) is 19.1 Å². The van der Waals surface area contributed by atoms with Crippen LogP contribution in [-0.2, 0) is 0 Å². The minimum atomic E-state index is -1.39. The summed E-state index contributed by atoms with van der Waals surface area (Å²) in [4.78, 5) is 0. The van der Waals surface area contributed by atoms with Crippen LogP contribution in [0.4, 0.5) is 0 Å². The average Bonchev–Trinajstić information content (AvgIpc) is 2.75. The zero-order valence-electron chi connectivity index (χ0n) is 23.1. The third-order valence-electron chi connectivity index (χ3n) is 7.32. The van der Waals surface area contributed by atoms with Crippen LogP contribution in [0.15, 0.2) is 0 Å². The smallest absolute Gasteiger partial charge is 0.150 e. The summed E-state index contributed by atoms with van der Waals surface area (Å²) in [6.45, 7) is 9.25. The standard InChI is InChI=1S/C30H63ClSi/c1-5-7-8-9-10-11-12-13-14-15-16-17-18-19-20-21-22-23-24-25-26-27-28-30(6-2)29-32(3,4)31/h30H,5-29H2,1-4H3. The first-order valence-corrected chi connectivity index (χ1v) is 19.4. The van der Waals surface area contributed by atoms with Gasteiger partial charge in [-0.05, 0) is 12.0 Å². The van der Waals surface area contributed by atoms with Gasteiger partial charge in [-0.1, -0.05) is 181 Å². The van der Waals surface area contributed by atoms with E-state index in [9.17, 15) is 0 Å². The van der Waals surface area contributed by atoms with E-state index in [2.05, 4.69) is 26.9 Å². The summed E-state index contributed by atoms with van der Waals surface area (Å²) >= 11 is 6.55. The highest BCUT2D eigenvalue weighted by Crippen LogP contribution is 2.27. The minimum absolute atomic E-state index is 0.888. The summed E-state index contributed by atoms with van der Waals surface area (Å²) in [5.41, 5.74) is 0. The molecule has 0 bridgehead atoms. The SMILES string of the molecule is CCCCCCCCCCCCCCCCCCCCCCCCC(CC)C[Si](C)(C)Cl. The fraction of sp³-hybridized carbons (Fsp3) is 1.00. The maximum atomic E-state index is 6.55. The van der Waals surface area contributed by atoms with Gasteiger partial charge in [-0.15, -0.1) is 0 Å². The van der Waals surface area contributed by atoms with E-state index in [1.54, 1.807) is 0 Å².